The van der Waals surface area contributed by atoms with E-state index in [1.165, 1.54) is 22.8 Å². The fourth-order valence-corrected chi connectivity index (χ4v) is 5.31. The van der Waals surface area contributed by atoms with E-state index in [9.17, 15) is 14.0 Å². The molecule has 0 aliphatic heterocycles. The molecule has 5 rings (SSSR count). The van der Waals surface area contributed by atoms with Crippen LogP contribution in [0.4, 0.5) is 4.39 Å². The van der Waals surface area contributed by atoms with Crippen molar-refractivity contribution in [2.24, 2.45) is 11.7 Å². The molecule has 0 saturated heterocycles. The number of hydrogen-bond donors (Lipinski definition) is 1. The second-order valence-corrected chi connectivity index (χ2v) is 11.0. The van der Waals surface area contributed by atoms with Crippen molar-refractivity contribution in [2.75, 3.05) is 13.1 Å². The maximum absolute atomic E-state index is 14.3. The summed E-state index contributed by atoms with van der Waals surface area (Å²) in [4.78, 5) is 34.7. The number of aromatic nitrogens is 2. The number of rotatable bonds is 9. The molecule has 2 aromatic carbocycles. The third-order valence-electron chi connectivity index (χ3n) is 6.90. The Morgan fingerprint density at radius 2 is 1.88 bits per heavy atom. The number of nitrogens with zero attached hydrogens (tertiary/aromatic N) is 3. The summed E-state index contributed by atoms with van der Waals surface area (Å²) in [6.45, 7) is 6.70. The molecular formula is C30H30BrFN4O4. The van der Waals surface area contributed by atoms with Gasteiger partial charge in [0.1, 0.15) is 28.5 Å². The normalized spacial score (nSPS) is 12.5. The number of amides is 1. The molecule has 3 aromatic heterocycles. The molecule has 1 atom stereocenters. The first-order valence-corrected chi connectivity index (χ1v) is 13.9. The smallest absolute Gasteiger partial charge is 0.297 e. The van der Waals surface area contributed by atoms with Gasteiger partial charge in [0.15, 0.2) is 4.67 Å². The summed E-state index contributed by atoms with van der Waals surface area (Å²) >= 11 is 3.32. The van der Waals surface area contributed by atoms with E-state index in [1.807, 2.05) is 32.9 Å². The van der Waals surface area contributed by atoms with E-state index < -0.39 is 17.4 Å². The van der Waals surface area contributed by atoms with Crippen LogP contribution in [0.25, 0.3) is 22.1 Å². The fourth-order valence-electron chi connectivity index (χ4n) is 4.97. The van der Waals surface area contributed by atoms with E-state index in [-0.39, 0.29) is 29.5 Å². The lowest BCUT2D eigenvalue weighted by molar-refractivity contribution is 0.0602. The van der Waals surface area contributed by atoms with Crippen LogP contribution in [0.1, 0.15) is 53.8 Å². The molecule has 2 N–H and O–H groups in total. The van der Waals surface area contributed by atoms with E-state index >= 15 is 0 Å². The summed E-state index contributed by atoms with van der Waals surface area (Å²) in [5.41, 5.74) is 7.59. The summed E-state index contributed by atoms with van der Waals surface area (Å²) in [5, 5.41) is 0.391. The number of benzene rings is 2. The van der Waals surface area contributed by atoms with Gasteiger partial charge in [0, 0.05) is 17.5 Å². The third-order valence-corrected chi connectivity index (χ3v) is 7.33. The summed E-state index contributed by atoms with van der Waals surface area (Å²) < 4.78 is 27.9. The van der Waals surface area contributed by atoms with Crippen LogP contribution in [0.15, 0.2) is 72.9 Å². The Morgan fingerprint density at radius 3 is 2.52 bits per heavy atom. The first-order chi connectivity index (χ1) is 19.2. The molecule has 0 bridgehead atoms. The molecule has 0 saturated carbocycles. The van der Waals surface area contributed by atoms with Crippen molar-refractivity contribution in [1.29, 1.82) is 0 Å². The van der Waals surface area contributed by atoms with E-state index in [0.717, 1.165) is 5.56 Å². The number of carbonyl (C=O) groups excluding carboxylic acids is 1. The second kappa shape index (κ2) is 11.4. The molecule has 0 radical (unpaired) electrons. The molecule has 5 aromatic rings. The van der Waals surface area contributed by atoms with Crippen molar-refractivity contribution in [3.05, 3.63) is 98.1 Å². The van der Waals surface area contributed by atoms with Crippen LogP contribution in [0.3, 0.4) is 0 Å². The van der Waals surface area contributed by atoms with Crippen molar-refractivity contribution < 1.29 is 18.0 Å². The van der Waals surface area contributed by atoms with E-state index in [2.05, 4.69) is 15.9 Å². The predicted molar refractivity (Wildman–Crippen MR) is 155 cm³/mol. The SMILES string of the molecule is Cc1ccc(C(=O)N(CCCN)C(c2nc3c(oc4ccc(F)cc43)c(=O)n2Cc2ccc(Br)o2)C(C)C)cc1. The van der Waals surface area contributed by atoms with E-state index in [4.69, 9.17) is 19.6 Å². The monoisotopic (exact) mass is 608 g/mol. The minimum atomic E-state index is -0.616. The molecule has 3 heterocycles. The van der Waals surface area contributed by atoms with Gasteiger partial charge in [-0.15, -0.1) is 0 Å². The van der Waals surface area contributed by atoms with Crippen LogP contribution < -0.4 is 11.3 Å². The highest BCUT2D eigenvalue weighted by Gasteiger charge is 2.33. The highest BCUT2D eigenvalue weighted by Crippen LogP contribution is 2.33. The molecule has 0 aliphatic carbocycles. The Hall–Kier alpha value is -3.76. The average Bonchev–Trinajstić information content (AvgIpc) is 3.50. The number of carbonyl (C=O) groups is 1. The first kappa shape index (κ1) is 27.8. The summed E-state index contributed by atoms with van der Waals surface area (Å²) in [7, 11) is 0. The van der Waals surface area contributed by atoms with E-state index in [1.54, 1.807) is 29.2 Å². The lowest BCUT2D eigenvalue weighted by Crippen LogP contribution is -2.42. The molecule has 10 heteroatoms. The number of halogens is 2. The van der Waals surface area contributed by atoms with Crippen molar-refractivity contribution >= 4 is 43.9 Å². The zero-order valence-corrected chi connectivity index (χ0v) is 24.1. The van der Waals surface area contributed by atoms with Gasteiger partial charge >= 0.3 is 0 Å². The van der Waals surface area contributed by atoms with Crippen molar-refractivity contribution in [2.45, 2.75) is 39.8 Å². The van der Waals surface area contributed by atoms with Crippen LogP contribution in [0.5, 0.6) is 0 Å². The maximum Gasteiger partial charge on any atom is 0.297 e. The molecule has 208 valence electrons. The van der Waals surface area contributed by atoms with Crippen molar-refractivity contribution in [3.8, 4) is 0 Å². The summed E-state index contributed by atoms with van der Waals surface area (Å²) in [6.07, 6.45) is 0.554. The standard InChI is InChI=1S/C30H30BrFN4O4/c1-17(2)26(35(14-4-13-33)29(37)19-7-5-18(3)6-8-19)28-34-25-22-15-20(32)9-11-23(22)40-27(25)30(38)36(28)16-21-10-12-24(31)39-21/h5-12,15,17,26H,4,13-14,16,33H2,1-3H3. The van der Waals surface area contributed by atoms with Crippen molar-refractivity contribution in [3.63, 3.8) is 0 Å². The first-order valence-electron chi connectivity index (χ1n) is 13.1. The van der Waals surface area contributed by atoms with Gasteiger partial charge in [-0.2, -0.15) is 0 Å². The van der Waals surface area contributed by atoms with Gasteiger partial charge in [-0.25, -0.2) is 9.37 Å². The molecule has 1 amide bonds. The van der Waals surface area contributed by atoms with Crippen LogP contribution in [-0.4, -0.2) is 33.4 Å². The van der Waals surface area contributed by atoms with Crippen LogP contribution in [0.2, 0.25) is 0 Å². The predicted octanol–water partition coefficient (Wildman–Crippen LogP) is 6.18. The van der Waals surface area contributed by atoms with Crippen LogP contribution >= 0.6 is 15.9 Å². The molecule has 0 fully saturated rings. The largest absolute Gasteiger partial charge is 0.452 e. The Labute approximate surface area is 238 Å². The molecule has 0 spiro atoms. The molecule has 0 aliphatic rings. The highest BCUT2D eigenvalue weighted by molar-refractivity contribution is 9.10. The lowest BCUT2D eigenvalue weighted by atomic mass is 9.99. The van der Waals surface area contributed by atoms with Crippen LogP contribution in [-0.2, 0) is 6.54 Å². The van der Waals surface area contributed by atoms with Gasteiger partial charge in [-0.1, -0.05) is 31.5 Å². The zero-order chi connectivity index (χ0) is 28.6. The minimum Gasteiger partial charge on any atom is -0.452 e. The Morgan fingerprint density at radius 1 is 1.12 bits per heavy atom. The van der Waals surface area contributed by atoms with Crippen LogP contribution in [0, 0.1) is 18.7 Å². The molecular weight excluding hydrogens is 579 g/mol. The second-order valence-electron chi connectivity index (χ2n) is 10.2. The summed E-state index contributed by atoms with van der Waals surface area (Å²) in [5.74, 6) is 0.0458. The number of hydrogen-bond acceptors (Lipinski definition) is 6. The number of furan rings is 2. The highest BCUT2D eigenvalue weighted by atomic mass is 79.9. The minimum absolute atomic E-state index is 0.0100. The zero-order valence-electron chi connectivity index (χ0n) is 22.5. The van der Waals surface area contributed by atoms with Gasteiger partial charge in [-0.3, -0.25) is 14.2 Å². The Kier molecular flexibility index (Phi) is 7.91. The van der Waals surface area contributed by atoms with Gasteiger partial charge in [0.25, 0.3) is 11.5 Å². The Balaban J connectivity index is 1.76. The number of fused-ring (bicyclic) bond motifs is 3. The van der Waals surface area contributed by atoms with Gasteiger partial charge in [0.05, 0.1) is 12.6 Å². The summed E-state index contributed by atoms with van der Waals surface area (Å²) in [6, 6.07) is 14.3. The topological polar surface area (TPSA) is 108 Å². The third kappa shape index (κ3) is 5.33. The van der Waals surface area contributed by atoms with Crippen molar-refractivity contribution in [1.82, 2.24) is 14.5 Å². The van der Waals surface area contributed by atoms with Gasteiger partial charge in [-0.05, 0) is 84.2 Å². The van der Waals surface area contributed by atoms with Gasteiger partial charge in [0.2, 0.25) is 5.58 Å². The van der Waals surface area contributed by atoms with E-state index in [0.29, 0.717) is 52.3 Å². The van der Waals surface area contributed by atoms with Gasteiger partial charge < -0.3 is 19.5 Å². The molecule has 8 nitrogen and oxygen atoms in total. The number of aryl methyl sites for hydroxylation is 1. The number of nitrogens with two attached hydrogens (primary N) is 1. The fraction of sp³-hybridized carbons (Fsp3) is 0.300. The average molecular weight is 609 g/mol. The Bertz CT molecular complexity index is 1740. The molecule has 1 unspecified atom stereocenters. The maximum atomic E-state index is 14.3. The quantitative estimate of drug-likeness (QED) is 0.214. The lowest BCUT2D eigenvalue weighted by Gasteiger charge is -2.35. The molecule has 40 heavy (non-hydrogen) atoms.